The Balaban J connectivity index is 1.72. The van der Waals surface area contributed by atoms with E-state index in [1.807, 2.05) is 0 Å². The van der Waals surface area contributed by atoms with Crippen LogP contribution in [0.15, 0.2) is 42.5 Å². The molecule has 122 valence electrons. The Bertz CT molecular complexity index is 640. The first kappa shape index (κ1) is 15.9. The zero-order valence-corrected chi connectivity index (χ0v) is 14.0. The Morgan fingerprint density at radius 3 is 2.39 bits per heavy atom. The minimum Gasteiger partial charge on any atom is -0.493 e. The third-order valence-electron chi connectivity index (χ3n) is 4.61. The normalized spacial score (nSPS) is 17.2. The number of nitrogens with one attached hydrogen (secondary N) is 1. The van der Waals surface area contributed by atoms with Crippen LogP contribution in [0.1, 0.15) is 29.5 Å². The summed E-state index contributed by atoms with van der Waals surface area (Å²) in [7, 11) is 3.40. The van der Waals surface area contributed by atoms with Crippen molar-refractivity contribution in [2.24, 2.45) is 0 Å². The molecule has 0 aliphatic heterocycles. The van der Waals surface area contributed by atoms with Crippen LogP contribution >= 0.6 is 0 Å². The molecule has 1 unspecified atom stereocenters. The molecule has 0 heterocycles. The summed E-state index contributed by atoms with van der Waals surface area (Å²) < 4.78 is 10.9. The summed E-state index contributed by atoms with van der Waals surface area (Å²) in [6, 6.07) is 15.4. The minimum absolute atomic E-state index is 0.509. The smallest absolute Gasteiger partial charge is 0.161 e. The summed E-state index contributed by atoms with van der Waals surface area (Å²) in [5, 5.41) is 3.71. The fraction of sp³-hybridized carbons (Fsp3) is 0.400. The van der Waals surface area contributed by atoms with E-state index in [9.17, 15) is 0 Å². The summed E-state index contributed by atoms with van der Waals surface area (Å²) in [5.74, 6) is 1.66. The molecule has 3 heteroatoms. The Hall–Kier alpha value is -2.00. The van der Waals surface area contributed by atoms with Gasteiger partial charge in [-0.2, -0.15) is 0 Å². The van der Waals surface area contributed by atoms with Crippen molar-refractivity contribution in [2.45, 2.75) is 38.3 Å². The highest BCUT2D eigenvalue weighted by Gasteiger charge is 2.19. The van der Waals surface area contributed by atoms with E-state index in [4.69, 9.17) is 9.47 Å². The van der Waals surface area contributed by atoms with Crippen LogP contribution in [0.25, 0.3) is 0 Å². The van der Waals surface area contributed by atoms with E-state index in [0.29, 0.717) is 6.04 Å². The van der Waals surface area contributed by atoms with Crippen LogP contribution in [-0.2, 0) is 19.4 Å². The van der Waals surface area contributed by atoms with Gasteiger partial charge in [-0.3, -0.25) is 0 Å². The first-order chi connectivity index (χ1) is 11.3. The van der Waals surface area contributed by atoms with Crippen molar-refractivity contribution in [3.63, 3.8) is 0 Å². The average molecular weight is 311 g/mol. The molecule has 0 amide bonds. The van der Waals surface area contributed by atoms with Crippen LogP contribution in [0.3, 0.4) is 0 Å². The van der Waals surface area contributed by atoms with Crippen molar-refractivity contribution in [3.8, 4) is 11.5 Å². The van der Waals surface area contributed by atoms with E-state index >= 15 is 0 Å². The quantitative estimate of drug-likeness (QED) is 0.853. The molecule has 0 fully saturated rings. The molecule has 0 bridgehead atoms. The molecule has 0 saturated carbocycles. The highest BCUT2D eigenvalue weighted by atomic mass is 16.5. The Kier molecular flexibility index (Phi) is 5.19. The second-order valence-electron chi connectivity index (χ2n) is 6.14. The highest BCUT2D eigenvalue weighted by Crippen LogP contribution is 2.33. The number of benzene rings is 2. The van der Waals surface area contributed by atoms with Crippen molar-refractivity contribution in [1.82, 2.24) is 5.32 Å². The summed E-state index contributed by atoms with van der Waals surface area (Å²) in [5.41, 5.74) is 4.11. The van der Waals surface area contributed by atoms with Crippen molar-refractivity contribution in [2.75, 3.05) is 14.2 Å². The summed E-state index contributed by atoms with van der Waals surface area (Å²) in [6.07, 6.45) is 4.56. The number of rotatable bonds is 5. The van der Waals surface area contributed by atoms with E-state index < -0.39 is 0 Å². The van der Waals surface area contributed by atoms with E-state index in [0.717, 1.165) is 30.9 Å². The van der Waals surface area contributed by atoms with Gasteiger partial charge in [0.25, 0.3) is 0 Å². The van der Waals surface area contributed by atoms with E-state index in [2.05, 4.69) is 47.8 Å². The molecule has 1 aliphatic carbocycles. The lowest BCUT2D eigenvalue weighted by Crippen LogP contribution is -2.30. The Labute approximate surface area is 138 Å². The van der Waals surface area contributed by atoms with Gasteiger partial charge in [-0.05, 0) is 54.5 Å². The second kappa shape index (κ2) is 7.51. The van der Waals surface area contributed by atoms with Crippen molar-refractivity contribution in [1.29, 1.82) is 0 Å². The fourth-order valence-corrected chi connectivity index (χ4v) is 3.32. The molecule has 3 nitrogen and oxygen atoms in total. The standard InChI is InChI=1S/C20H25NO2/c1-22-19-12-16-9-6-10-18(11-17(16)13-20(19)23-2)21-14-15-7-4-3-5-8-15/h3-5,7-8,12-13,18,21H,6,9-11,14H2,1-2H3. The largest absolute Gasteiger partial charge is 0.493 e. The maximum Gasteiger partial charge on any atom is 0.161 e. The molecule has 2 aromatic carbocycles. The van der Waals surface area contributed by atoms with Gasteiger partial charge in [0.15, 0.2) is 11.5 Å². The van der Waals surface area contributed by atoms with Gasteiger partial charge in [0.2, 0.25) is 0 Å². The highest BCUT2D eigenvalue weighted by molar-refractivity contribution is 5.48. The molecular formula is C20H25NO2. The molecule has 0 radical (unpaired) electrons. The molecule has 0 saturated heterocycles. The second-order valence-corrected chi connectivity index (χ2v) is 6.14. The zero-order valence-electron chi connectivity index (χ0n) is 14.0. The minimum atomic E-state index is 0.509. The zero-order chi connectivity index (χ0) is 16.1. The third-order valence-corrected chi connectivity index (χ3v) is 4.61. The van der Waals surface area contributed by atoms with E-state index in [-0.39, 0.29) is 0 Å². The van der Waals surface area contributed by atoms with Crippen molar-refractivity contribution >= 4 is 0 Å². The lowest BCUT2D eigenvalue weighted by Gasteiger charge is -2.18. The van der Waals surface area contributed by atoms with Gasteiger partial charge in [0.05, 0.1) is 14.2 Å². The van der Waals surface area contributed by atoms with Gasteiger partial charge in [-0.15, -0.1) is 0 Å². The van der Waals surface area contributed by atoms with Crippen LogP contribution in [0.5, 0.6) is 11.5 Å². The predicted molar refractivity (Wildman–Crippen MR) is 93.3 cm³/mol. The van der Waals surface area contributed by atoms with Gasteiger partial charge in [-0.1, -0.05) is 30.3 Å². The maximum atomic E-state index is 5.46. The number of ether oxygens (including phenoxy) is 2. The topological polar surface area (TPSA) is 30.5 Å². The van der Waals surface area contributed by atoms with Crippen LogP contribution in [0.4, 0.5) is 0 Å². The summed E-state index contributed by atoms with van der Waals surface area (Å²) in [4.78, 5) is 0. The molecule has 0 aromatic heterocycles. The SMILES string of the molecule is COc1cc2c(cc1OC)CC(NCc1ccccc1)CCC2. The van der Waals surface area contributed by atoms with Crippen LogP contribution in [0, 0.1) is 0 Å². The molecular weight excluding hydrogens is 286 g/mol. The van der Waals surface area contributed by atoms with Crippen LogP contribution in [-0.4, -0.2) is 20.3 Å². The van der Waals surface area contributed by atoms with Crippen LogP contribution < -0.4 is 14.8 Å². The number of methoxy groups -OCH3 is 2. The molecule has 2 aromatic rings. The third kappa shape index (κ3) is 3.85. The van der Waals surface area contributed by atoms with E-state index in [1.54, 1.807) is 14.2 Å². The summed E-state index contributed by atoms with van der Waals surface area (Å²) >= 11 is 0. The monoisotopic (exact) mass is 311 g/mol. The Morgan fingerprint density at radius 1 is 1.00 bits per heavy atom. The van der Waals surface area contributed by atoms with Gasteiger partial charge < -0.3 is 14.8 Å². The molecule has 1 atom stereocenters. The molecule has 1 N–H and O–H groups in total. The molecule has 1 aliphatic rings. The maximum absolute atomic E-state index is 5.46. The van der Waals surface area contributed by atoms with Gasteiger partial charge in [-0.25, -0.2) is 0 Å². The van der Waals surface area contributed by atoms with Gasteiger partial charge in [0.1, 0.15) is 0 Å². The number of hydrogen-bond donors (Lipinski definition) is 1. The average Bonchev–Trinajstić information content (AvgIpc) is 2.80. The van der Waals surface area contributed by atoms with Gasteiger partial charge >= 0.3 is 0 Å². The first-order valence-corrected chi connectivity index (χ1v) is 8.31. The lowest BCUT2D eigenvalue weighted by atomic mass is 10.0. The number of fused-ring (bicyclic) bond motifs is 1. The first-order valence-electron chi connectivity index (χ1n) is 8.31. The van der Waals surface area contributed by atoms with Crippen molar-refractivity contribution in [3.05, 3.63) is 59.2 Å². The number of aryl methyl sites for hydroxylation is 1. The fourth-order valence-electron chi connectivity index (χ4n) is 3.32. The lowest BCUT2D eigenvalue weighted by molar-refractivity contribution is 0.354. The Morgan fingerprint density at radius 2 is 1.70 bits per heavy atom. The molecule has 23 heavy (non-hydrogen) atoms. The van der Waals surface area contributed by atoms with Crippen LogP contribution in [0.2, 0.25) is 0 Å². The predicted octanol–water partition coefficient (Wildman–Crippen LogP) is 3.74. The molecule has 3 rings (SSSR count). The number of hydrogen-bond acceptors (Lipinski definition) is 3. The van der Waals surface area contributed by atoms with E-state index in [1.165, 1.54) is 29.5 Å². The molecule has 0 spiro atoms. The van der Waals surface area contributed by atoms with Crippen molar-refractivity contribution < 1.29 is 9.47 Å². The van der Waals surface area contributed by atoms with Gasteiger partial charge in [0, 0.05) is 12.6 Å². The summed E-state index contributed by atoms with van der Waals surface area (Å²) in [6.45, 7) is 0.925.